The van der Waals surface area contributed by atoms with Gasteiger partial charge in [0.1, 0.15) is 5.82 Å². The molecule has 0 aromatic heterocycles. The van der Waals surface area contributed by atoms with E-state index in [1.807, 2.05) is 13.8 Å². The summed E-state index contributed by atoms with van der Waals surface area (Å²) in [7, 11) is 0. The molecule has 0 atom stereocenters. The van der Waals surface area contributed by atoms with E-state index in [0.717, 1.165) is 11.1 Å². The predicted octanol–water partition coefficient (Wildman–Crippen LogP) is 4.75. The van der Waals surface area contributed by atoms with E-state index in [9.17, 15) is 4.39 Å². The Balaban J connectivity index is 0.000000171. The van der Waals surface area contributed by atoms with Crippen molar-refractivity contribution in [2.75, 3.05) is 0 Å². The molecule has 0 N–H and O–H groups in total. The molecule has 0 aliphatic carbocycles. The quantitative estimate of drug-likeness (QED) is 0.613. The fourth-order valence-electron chi connectivity index (χ4n) is 1.34. The first-order valence-corrected chi connectivity index (χ1v) is 5.75. The van der Waals surface area contributed by atoms with Gasteiger partial charge in [-0.3, -0.25) is 0 Å². The van der Waals surface area contributed by atoms with Crippen molar-refractivity contribution in [2.45, 2.75) is 27.7 Å². The summed E-state index contributed by atoms with van der Waals surface area (Å²) in [5, 5.41) is 0. The molecule has 2 aromatic rings. The molecular formula is C16H19F. The number of hydrogen-bond acceptors (Lipinski definition) is 0. The van der Waals surface area contributed by atoms with Crippen molar-refractivity contribution in [1.29, 1.82) is 0 Å². The number of halogens is 1. The second kappa shape index (κ2) is 6.19. The molecule has 0 spiro atoms. The monoisotopic (exact) mass is 230 g/mol. The summed E-state index contributed by atoms with van der Waals surface area (Å²) >= 11 is 0. The van der Waals surface area contributed by atoms with Crippen LogP contribution >= 0.6 is 0 Å². The van der Waals surface area contributed by atoms with Crippen LogP contribution in [0.25, 0.3) is 0 Å². The van der Waals surface area contributed by atoms with E-state index < -0.39 is 0 Å². The summed E-state index contributed by atoms with van der Waals surface area (Å²) < 4.78 is 12.3. The first-order chi connectivity index (χ1) is 7.99. The van der Waals surface area contributed by atoms with Crippen molar-refractivity contribution in [3.05, 3.63) is 70.5 Å². The molecule has 0 aliphatic heterocycles. The maximum absolute atomic E-state index is 12.3. The Bertz CT molecular complexity index is 448. The Labute approximate surface area is 103 Å². The highest BCUT2D eigenvalue weighted by Gasteiger charge is 1.91. The van der Waals surface area contributed by atoms with E-state index in [1.54, 1.807) is 6.07 Å². The molecule has 0 saturated heterocycles. The normalized spacial score (nSPS) is 9.47. The summed E-state index contributed by atoms with van der Waals surface area (Å²) in [5.41, 5.74) is 4.80. The minimum absolute atomic E-state index is 0.155. The van der Waals surface area contributed by atoms with Gasteiger partial charge < -0.3 is 0 Å². The minimum atomic E-state index is -0.155. The number of rotatable bonds is 0. The lowest BCUT2D eigenvalue weighted by Gasteiger charge is -1.96. The van der Waals surface area contributed by atoms with Crippen molar-refractivity contribution < 1.29 is 4.39 Å². The summed E-state index contributed by atoms with van der Waals surface area (Å²) in [4.78, 5) is 0. The van der Waals surface area contributed by atoms with Gasteiger partial charge in [-0.1, -0.05) is 41.5 Å². The molecule has 2 rings (SSSR count). The molecule has 0 fully saturated rings. The smallest absolute Gasteiger partial charge is 0.123 e. The van der Waals surface area contributed by atoms with Gasteiger partial charge in [0.2, 0.25) is 0 Å². The van der Waals surface area contributed by atoms with Crippen LogP contribution in [0.1, 0.15) is 22.3 Å². The van der Waals surface area contributed by atoms with Crippen LogP contribution in [0.4, 0.5) is 4.39 Å². The summed E-state index contributed by atoms with van der Waals surface area (Å²) in [6, 6.07) is 13.3. The van der Waals surface area contributed by atoms with Crippen LogP contribution < -0.4 is 0 Å². The molecule has 17 heavy (non-hydrogen) atoms. The molecule has 0 heterocycles. The van der Waals surface area contributed by atoms with Crippen LogP contribution in [-0.2, 0) is 0 Å². The lowest BCUT2D eigenvalue weighted by Crippen LogP contribution is -1.80. The van der Waals surface area contributed by atoms with Crippen molar-refractivity contribution in [2.24, 2.45) is 0 Å². The van der Waals surface area contributed by atoms with Crippen molar-refractivity contribution >= 4 is 0 Å². The van der Waals surface area contributed by atoms with Crippen LogP contribution in [0, 0.1) is 33.5 Å². The molecular weight excluding hydrogens is 211 g/mol. The third-order valence-corrected chi connectivity index (χ3v) is 2.69. The minimum Gasteiger partial charge on any atom is -0.207 e. The molecule has 2 aromatic carbocycles. The van der Waals surface area contributed by atoms with Crippen molar-refractivity contribution in [3.8, 4) is 0 Å². The van der Waals surface area contributed by atoms with Gasteiger partial charge >= 0.3 is 0 Å². The third-order valence-electron chi connectivity index (χ3n) is 2.69. The van der Waals surface area contributed by atoms with Crippen molar-refractivity contribution in [1.82, 2.24) is 0 Å². The Morgan fingerprint density at radius 1 is 0.647 bits per heavy atom. The zero-order valence-corrected chi connectivity index (χ0v) is 10.9. The summed E-state index contributed by atoms with van der Waals surface area (Å²) in [6.45, 7) is 8.06. The van der Waals surface area contributed by atoms with E-state index in [1.165, 1.54) is 23.3 Å². The summed E-state index contributed by atoms with van der Waals surface area (Å²) in [6.07, 6.45) is 0. The second-order valence-corrected chi connectivity index (χ2v) is 4.38. The molecule has 0 unspecified atom stereocenters. The zero-order chi connectivity index (χ0) is 12.8. The fourth-order valence-corrected chi connectivity index (χ4v) is 1.34. The van der Waals surface area contributed by atoms with Gasteiger partial charge in [-0.2, -0.15) is 0 Å². The molecule has 90 valence electrons. The summed E-state index contributed by atoms with van der Waals surface area (Å²) in [5.74, 6) is -0.155. The molecule has 0 aliphatic rings. The Morgan fingerprint density at radius 2 is 1.12 bits per heavy atom. The standard InChI is InChI=1S/C8H9F.C8H10/c1-6-3-4-8(9)5-7(6)2;1-7-3-5-8(2)6-4-7/h3-5H,1-2H3;3-6H,1-2H3. The predicted molar refractivity (Wildman–Crippen MR) is 71.8 cm³/mol. The molecule has 0 bridgehead atoms. The van der Waals surface area contributed by atoms with E-state index in [4.69, 9.17) is 0 Å². The molecule has 1 heteroatoms. The number of aryl methyl sites for hydroxylation is 4. The lowest BCUT2D eigenvalue weighted by molar-refractivity contribution is 0.626. The SMILES string of the molecule is Cc1ccc(C)cc1.Cc1ccc(F)cc1C. The highest BCUT2D eigenvalue weighted by molar-refractivity contribution is 5.24. The van der Waals surface area contributed by atoms with E-state index in [-0.39, 0.29) is 5.82 Å². The first kappa shape index (κ1) is 13.4. The zero-order valence-electron chi connectivity index (χ0n) is 10.9. The molecule has 0 nitrogen and oxygen atoms in total. The third kappa shape index (κ3) is 4.81. The van der Waals surface area contributed by atoms with Crippen molar-refractivity contribution in [3.63, 3.8) is 0 Å². The van der Waals surface area contributed by atoms with Gasteiger partial charge in [-0.15, -0.1) is 0 Å². The molecule has 0 radical (unpaired) electrons. The Hall–Kier alpha value is -1.63. The maximum Gasteiger partial charge on any atom is 0.123 e. The van der Waals surface area contributed by atoms with Gasteiger partial charge in [0.25, 0.3) is 0 Å². The second-order valence-electron chi connectivity index (χ2n) is 4.38. The Morgan fingerprint density at radius 3 is 1.47 bits per heavy atom. The average molecular weight is 230 g/mol. The van der Waals surface area contributed by atoms with Gasteiger partial charge in [-0.05, 0) is 51.0 Å². The van der Waals surface area contributed by atoms with Gasteiger partial charge in [0.05, 0.1) is 0 Å². The highest BCUT2D eigenvalue weighted by atomic mass is 19.1. The molecule has 0 saturated carbocycles. The van der Waals surface area contributed by atoms with Crippen LogP contribution in [0.15, 0.2) is 42.5 Å². The van der Waals surface area contributed by atoms with E-state index >= 15 is 0 Å². The van der Waals surface area contributed by atoms with Crippen LogP contribution in [0.5, 0.6) is 0 Å². The van der Waals surface area contributed by atoms with Gasteiger partial charge in [-0.25, -0.2) is 4.39 Å². The molecule has 0 amide bonds. The topological polar surface area (TPSA) is 0 Å². The van der Waals surface area contributed by atoms with Gasteiger partial charge in [0.15, 0.2) is 0 Å². The van der Waals surface area contributed by atoms with E-state index in [0.29, 0.717) is 0 Å². The largest absolute Gasteiger partial charge is 0.207 e. The van der Waals surface area contributed by atoms with E-state index in [2.05, 4.69) is 38.1 Å². The number of benzene rings is 2. The highest BCUT2D eigenvalue weighted by Crippen LogP contribution is 2.07. The first-order valence-electron chi connectivity index (χ1n) is 5.75. The Kier molecular flexibility index (Phi) is 4.89. The fraction of sp³-hybridized carbons (Fsp3) is 0.250. The van der Waals surface area contributed by atoms with Gasteiger partial charge in [0, 0.05) is 0 Å². The average Bonchev–Trinajstić information content (AvgIpc) is 2.29. The van der Waals surface area contributed by atoms with Crippen LogP contribution in [-0.4, -0.2) is 0 Å². The van der Waals surface area contributed by atoms with Crippen LogP contribution in [0.2, 0.25) is 0 Å². The van der Waals surface area contributed by atoms with Crippen LogP contribution in [0.3, 0.4) is 0 Å². The maximum atomic E-state index is 12.3. The number of hydrogen-bond donors (Lipinski definition) is 0. The lowest BCUT2D eigenvalue weighted by atomic mass is 10.1.